The van der Waals surface area contributed by atoms with Gasteiger partial charge >= 0.3 is 0 Å². The third-order valence-electron chi connectivity index (χ3n) is 5.15. The molecule has 162 valence electrons. The third kappa shape index (κ3) is 7.00. The molecule has 0 aromatic heterocycles. The van der Waals surface area contributed by atoms with Crippen molar-refractivity contribution in [3.8, 4) is 11.5 Å². The van der Waals surface area contributed by atoms with Crippen molar-refractivity contribution in [2.75, 3.05) is 39.4 Å². The van der Waals surface area contributed by atoms with Crippen LogP contribution in [0.2, 0.25) is 0 Å². The summed E-state index contributed by atoms with van der Waals surface area (Å²) in [5.41, 5.74) is -1.03. The molecule has 2 aromatic carbocycles. The zero-order chi connectivity index (χ0) is 21.2. The van der Waals surface area contributed by atoms with Crippen LogP contribution in [0.5, 0.6) is 11.5 Å². The van der Waals surface area contributed by atoms with Crippen molar-refractivity contribution in [3.63, 3.8) is 0 Å². The molecule has 7 heteroatoms. The van der Waals surface area contributed by atoms with E-state index < -0.39 is 11.4 Å². The number of nitrogens with one attached hydrogen (secondary N) is 1. The molecule has 1 aliphatic heterocycles. The molecule has 6 nitrogen and oxygen atoms in total. The molecule has 0 saturated carbocycles. The highest BCUT2D eigenvalue weighted by atomic mass is 19.1. The minimum atomic E-state index is -1.03. The summed E-state index contributed by atoms with van der Waals surface area (Å²) in [4.78, 5) is 14.2. The van der Waals surface area contributed by atoms with E-state index in [1.165, 1.54) is 6.07 Å². The van der Waals surface area contributed by atoms with Crippen molar-refractivity contribution >= 4 is 5.91 Å². The molecule has 0 aliphatic carbocycles. The first-order valence-corrected chi connectivity index (χ1v) is 10.3. The summed E-state index contributed by atoms with van der Waals surface area (Å²) in [5.74, 6) is 0.407. The fourth-order valence-corrected chi connectivity index (χ4v) is 3.45. The molecule has 1 saturated heterocycles. The second-order valence-electron chi connectivity index (χ2n) is 7.58. The van der Waals surface area contributed by atoms with E-state index in [2.05, 4.69) is 5.32 Å². The molecule has 1 amide bonds. The maximum absolute atomic E-state index is 13.7. The van der Waals surface area contributed by atoms with Gasteiger partial charge in [-0.25, -0.2) is 4.39 Å². The third-order valence-corrected chi connectivity index (χ3v) is 5.15. The van der Waals surface area contributed by atoms with Gasteiger partial charge in [0, 0.05) is 6.54 Å². The average molecular weight is 416 g/mol. The van der Waals surface area contributed by atoms with Gasteiger partial charge in [0.25, 0.3) is 0 Å². The highest BCUT2D eigenvalue weighted by Gasteiger charge is 2.31. The Balaban J connectivity index is 1.36. The van der Waals surface area contributed by atoms with Gasteiger partial charge in [0.15, 0.2) is 11.6 Å². The zero-order valence-electron chi connectivity index (χ0n) is 17.1. The van der Waals surface area contributed by atoms with E-state index in [1.807, 2.05) is 35.2 Å². The maximum Gasteiger partial charge on any atom is 0.234 e. The Hall–Kier alpha value is -2.64. The van der Waals surface area contributed by atoms with Crippen LogP contribution in [-0.4, -0.2) is 60.9 Å². The van der Waals surface area contributed by atoms with Gasteiger partial charge in [-0.15, -0.1) is 0 Å². The van der Waals surface area contributed by atoms with Gasteiger partial charge in [-0.2, -0.15) is 0 Å². The summed E-state index contributed by atoms with van der Waals surface area (Å²) in [7, 11) is 0. The van der Waals surface area contributed by atoms with Crippen LogP contribution >= 0.6 is 0 Å². The summed E-state index contributed by atoms with van der Waals surface area (Å²) in [6.45, 7) is 2.44. The molecular formula is C23H29FN2O4. The minimum absolute atomic E-state index is 0.0325. The second-order valence-corrected chi connectivity index (χ2v) is 7.58. The Bertz CT molecular complexity index is 805. The number of carbonyl (C=O) groups is 1. The molecule has 2 N–H and O–H groups in total. The molecule has 1 fully saturated rings. The van der Waals surface area contributed by atoms with Crippen molar-refractivity contribution in [1.29, 1.82) is 0 Å². The Kier molecular flexibility index (Phi) is 8.04. The quantitative estimate of drug-likeness (QED) is 0.615. The monoisotopic (exact) mass is 416 g/mol. The first-order chi connectivity index (χ1) is 14.5. The van der Waals surface area contributed by atoms with Crippen LogP contribution in [0.25, 0.3) is 0 Å². The first kappa shape index (κ1) is 22.1. The Morgan fingerprint density at radius 2 is 1.83 bits per heavy atom. The zero-order valence-corrected chi connectivity index (χ0v) is 17.1. The number of hydrogen-bond donors (Lipinski definition) is 2. The molecule has 1 heterocycles. The normalized spacial score (nSPS) is 19.7. The molecule has 3 rings (SSSR count). The van der Waals surface area contributed by atoms with Gasteiger partial charge in [0.1, 0.15) is 19.0 Å². The van der Waals surface area contributed by atoms with E-state index in [9.17, 15) is 14.3 Å². The Morgan fingerprint density at radius 3 is 2.63 bits per heavy atom. The number of para-hydroxylation sites is 2. The average Bonchev–Trinajstić information content (AvgIpc) is 2.93. The van der Waals surface area contributed by atoms with Gasteiger partial charge in [-0.1, -0.05) is 30.3 Å². The van der Waals surface area contributed by atoms with Gasteiger partial charge in [-0.05, 0) is 50.1 Å². The van der Waals surface area contributed by atoms with Crippen molar-refractivity contribution < 1.29 is 23.8 Å². The lowest BCUT2D eigenvalue weighted by atomic mass is 9.96. The van der Waals surface area contributed by atoms with Crippen LogP contribution in [0.1, 0.15) is 19.3 Å². The van der Waals surface area contributed by atoms with E-state index in [0.29, 0.717) is 32.5 Å². The summed E-state index contributed by atoms with van der Waals surface area (Å²) >= 11 is 0. The standard InChI is InChI=1S/C23H29FN2O4/c24-20-9-4-5-10-21(20)30-18-23(28)11-6-14-26(15-12-23)17-22(27)25-13-16-29-19-7-2-1-3-8-19/h1-5,7-10,28H,6,11-18H2,(H,25,27)/t23-/m1/s1. The smallest absolute Gasteiger partial charge is 0.234 e. The van der Waals surface area contributed by atoms with Gasteiger partial charge in [0.2, 0.25) is 5.91 Å². The fourth-order valence-electron chi connectivity index (χ4n) is 3.45. The molecule has 30 heavy (non-hydrogen) atoms. The molecule has 1 atom stereocenters. The number of halogens is 1. The Labute approximate surface area is 176 Å². The van der Waals surface area contributed by atoms with E-state index >= 15 is 0 Å². The number of carbonyl (C=O) groups excluding carboxylic acids is 1. The molecular weight excluding hydrogens is 387 g/mol. The number of likely N-dealkylation sites (tertiary alicyclic amines) is 1. The highest BCUT2D eigenvalue weighted by molar-refractivity contribution is 5.78. The van der Waals surface area contributed by atoms with E-state index in [4.69, 9.17) is 9.47 Å². The van der Waals surface area contributed by atoms with Crippen LogP contribution in [0, 0.1) is 5.82 Å². The SMILES string of the molecule is O=C(CN1CCC[C@](O)(COc2ccccc2F)CC1)NCCOc1ccccc1. The predicted molar refractivity (Wildman–Crippen MR) is 112 cm³/mol. The molecule has 2 aromatic rings. The van der Waals surface area contributed by atoms with Crippen LogP contribution < -0.4 is 14.8 Å². The van der Waals surface area contributed by atoms with E-state index in [-0.39, 0.29) is 24.8 Å². The summed E-state index contributed by atoms with van der Waals surface area (Å²) in [5, 5.41) is 13.7. The lowest BCUT2D eigenvalue weighted by molar-refractivity contribution is -0.122. The van der Waals surface area contributed by atoms with E-state index in [0.717, 1.165) is 18.7 Å². The minimum Gasteiger partial charge on any atom is -0.492 e. The molecule has 0 spiro atoms. The number of aliphatic hydroxyl groups is 1. The second kappa shape index (κ2) is 10.9. The van der Waals surface area contributed by atoms with Gasteiger partial charge in [0.05, 0.1) is 18.7 Å². The van der Waals surface area contributed by atoms with Crippen LogP contribution in [-0.2, 0) is 4.79 Å². The lowest BCUT2D eigenvalue weighted by Gasteiger charge is -2.27. The van der Waals surface area contributed by atoms with Crippen LogP contribution in [0.15, 0.2) is 54.6 Å². The molecule has 0 radical (unpaired) electrons. The first-order valence-electron chi connectivity index (χ1n) is 10.3. The number of hydrogen-bond acceptors (Lipinski definition) is 5. The van der Waals surface area contributed by atoms with Gasteiger partial charge < -0.3 is 19.9 Å². The number of ether oxygens (including phenoxy) is 2. The summed E-state index contributed by atoms with van der Waals surface area (Å²) < 4.78 is 24.8. The number of benzene rings is 2. The van der Waals surface area contributed by atoms with Crippen LogP contribution in [0.3, 0.4) is 0 Å². The van der Waals surface area contributed by atoms with Crippen LogP contribution in [0.4, 0.5) is 4.39 Å². The predicted octanol–water partition coefficient (Wildman–Crippen LogP) is 2.62. The van der Waals surface area contributed by atoms with Gasteiger partial charge in [-0.3, -0.25) is 9.69 Å². The highest BCUT2D eigenvalue weighted by Crippen LogP contribution is 2.25. The lowest BCUT2D eigenvalue weighted by Crippen LogP contribution is -2.41. The van der Waals surface area contributed by atoms with Crippen molar-refractivity contribution in [3.05, 3.63) is 60.4 Å². The summed E-state index contributed by atoms with van der Waals surface area (Å²) in [6, 6.07) is 15.6. The van der Waals surface area contributed by atoms with E-state index in [1.54, 1.807) is 18.2 Å². The molecule has 0 unspecified atom stereocenters. The Morgan fingerprint density at radius 1 is 1.07 bits per heavy atom. The molecule has 0 bridgehead atoms. The molecule has 1 aliphatic rings. The van der Waals surface area contributed by atoms with Crippen molar-refractivity contribution in [2.24, 2.45) is 0 Å². The van der Waals surface area contributed by atoms with Crippen molar-refractivity contribution in [2.45, 2.75) is 24.9 Å². The van der Waals surface area contributed by atoms with Crippen molar-refractivity contribution in [1.82, 2.24) is 10.2 Å². The maximum atomic E-state index is 13.7. The topological polar surface area (TPSA) is 71.0 Å². The largest absolute Gasteiger partial charge is 0.492 e. The summed E-state index contributed by atoms with van der Waals surface area (Å²) in [6.07, 6.45) is 1.75. The number of nitrogens with zero attached hydrogens (tertiary/aromatic N) is 1. The number of amides is 1. The number of rotatable bonds is 9. The fraction of sp³-hybridized carbons (Fsp3) is 0.435.